The standard InChI is InChI=1S/C22H18N6O.8C2H3N.4BF4.3Pd/c1-25-11-13-27(15-25)19-9-5-3-7-17(19)21(23)29-22(24)18-8-4-6-10-20(18)28-14-12-26(2)16-28;8*1-2-3;4*2-1(3,4)5;;;/h3-14H,1-2H3;8*1H3;;;;;;;/q-2;;;;;;;;;4*-1;3*+2. The number of nitrogens with zero attached hydrogens (tertiary/aromatic N) is 14. The van der Waals surface area contributed by atoms with Crippen LogP contribution in [-0.4, -0.2) is 49.9 Å². The Bertz CT molecular complexity index is 2110. The largest absolute Gasteiger partial charge is 2.00 e. The van der Waals surface area contributed by atoms with E-state index in [1.165, 1.54) is 55.4 Å². The van der Waals surface area contributed by atoms with Crippen LogP contribution in [0.15, 0.2) is 73.3 Å². The van der Waals surface area contributed by atoms with Gasteiger partial charge in [0.05, 0.1) is 74.0 Å². The van der Waals surface area contributed by atoms with Crippen LogP contribution in [-0.2, 0) is 80.1 Å². The second-order valence-electron chi connectivity index (χ2n) is 10.3. The van der Waals surface area contributed by atoms with E-state index < -0.39 is 40.8 Å². The number of nitriles is 8. The summed E-state index contributed by atoms with van der Waals surface area (Å²) in [6.45, 7) is 11.4. The number of imidazole rings is 2. The van der Waals surface area contributed by atoms with Crippen molar-refractivity contribution in [2.75, 3.05) is 0 Å². The Morgan fingerprint density at radius 1 is 0.421 bits per heavy atom. The van der Waals surface area contributed by atoms with Gasteiger partial charge in [-0.15, -0.1) is 0 Å². The van der Waals surface area contributed by atoms with Crippen molar-refractivity contribution in [3.05, 3.63) is 108 Å². The fourth-order valence-corrected chi connectivity index (χ4v) is 3.01. The summed E-state index contributed by atoms with van der Waals surface area (Å²) in [5, 5.41) is 79.8. The molecule has 0 aliphatic carbocycles. The van der Waals surface area contributed by atoms with E-state index in [4.69, 9.17) is 46.8 Å². The molecule has 2 heterocycles. The maximum atomic E-state index is 10.6. The normalized spacial score (nSPS) is 8.08. The number of aromatic nitrogens is 4. The van der Waals surface area contributed by atoms with Crippen molar-refractivity contribution >= 4 is 40.8 Å². The fraction of sp³-hybridized carbons (Fsp3) is 0.263. The molecule has 76 heavy (non-hydrogen) atoms. The van der Waals surface area contributed by atoms with Crippen LogP contribution >= 0.6 is 0 Å². The molecule has 2 aromatic heterocycles. The van der Waals surface area contributed by atoms with E-state index in [9.17, 15) is 79.9 Å². The van der Waals surface area contributed by atoms with Crippen LogP contribution in [0.25, 0.3) is 22.2 Å². The van der Waals surface area contributed by atoms with Gasteiger partial charge in [-0.2, -0.15) is 42.1 Å². The van der Waals surface area contributed by atoms with Gasteiger partial charge in [0.15, 0.2) is 0 Å². The summed E-state index contributed by atoms with van der Waals surface area (Å²) >= 11 is 0. The van der Waals surface area contributed by atoms with E-state index in [0.717, 1.165) is 0 Å². The van der Waals surface area contributed by atoms with Crippen molar-refractivity contribution in [2.45, 2.75) is 55.4 Å². The molecular weight excluding hydrogens is 1330 g/mol. The van der Waals surface area contributed by atoms with Gasteiger partial charge in [0.25, 0.3) is 0 Å². The monoisotopic (exact) mass is 1380 g/mol. The molecule has 0 saturated heterocycles. The van der Waals surface area contributed by atoms with Crippen molar-refractivity contribution in [3.63, 3.8) is 0 Å². The topological polar surface area (TPSA) is 262 Å². The first kappa shape index (κ1) is 98.2. The third kappa shape index (κ3) is 104. The number of aryl methyl sites for hydroxylation is 2. The van der Waals surface area contributed by atoms with Gasteiger partial charge in [-0.05, 0) is 11.1 Å². The Kier molecular flexibility index (Phi) is 80.6. The van der Waals surface area contributed by atoms with Gasteiger partial charge in [-0.3, -0.25) is 0 Å². The van der Waals surface area contributed by atoms with Crippen molar-refractivity contribution in [2.24, 2.45) is 14.1 Å². The van der Waals surface area contributed by atoms with E-state index in [0.29, 0.717) is 22.5 Å². The third-order valence-electron chi connectivity index (χ3n) is 4.39. The molecule has 0 radical (unpaired) electrons. The SMILES string of the molecule is CC#N.CC#N.CC#N.CC#N.CC#N.CC#N.CC#N.CC#N.Cn1[c-][n+](-c2ccccc2C(=[N-])OC(=[N-])c2ccccc2-[n+]2[c-]n(C)cc2)cc1.F[B-](F)(F)F.F[B-](F)(F)F.F[B-](F)(F)F.F[B-](F)(F)F.[Pd+2].[Pd+2].[Pd+2]. The van der Waals surface area contributed by atoms with Gasteiger partial charge in [-0.25, -0.2) is 0 Å². The zero-order valence-electron chi connectivity index (χ0n) is 40.9. The molecule has 2 aromatic carbocycles. The second-order valence-corrected chi connectivity index (χ2v) is 10.3. The molecule has 0 aliphatic heterocycles. The van der Waals surface area contributed by atoms with Gasteiger partial charge in [0, 0.05) is 92.0 Å². The first-order chi connectivity index (χ1) is 33.3. The number of rotatable bonds is 4. The van der Waals surface area contributed by atoms with E-state index in [-0.39, 0.29) is 61.3 Å². The van der Waals surface area contributed by atoms with E-state index in [1.54, 1.807) is 91.1 Å². The molecule has 0 N–H and O–H groups in total. The molecule has 4 rings (SSSR count). The Morgan fingerprint density at radius 3 is 0.724 bits per heavy atom. The number of para-hydroxylation sites is 2. The van der Waals surface area contributed by atoms with E-state index in [1.807, 2.05) is 63.1 Å². The van der Waals surface area contributed by atoms with Gasteiger partial charge in [0.1, 0.15) is 0 Å². The van der Waals surface area contributed by atoms with Crippen molar-refractivity contribution in [1.29, 1.82) is 42.1 Å². The van der Waals surface area contributed by atoms with Crippen LogP contribution < -0.4 is 9.13 Å². The average Bonchev–Trinajstić information content (AvgIpc) is 3.86. The molecule has 38 heteroatoms. The van der Waals surface area contributed by atoms with Crippen LogP contribution in [0, 0.1) is 103 Å². The first-order valence-electron chi connectivity index (χ1n) is 18.2. The molecule has 0 saturated carbocycles. The predicted molar refractivity (Wildman–Crippen MR) is 239 cm³/mol. The molecule has 15 nitrogen and oxygen atoms in total. The summed E-state index contributed by atoms with van der Waals surface area (Å²) in [6.07, 6.45) is 13.5. The molecule has 0 unspecified atom stereocenters. The van der Waals surface area contributed by atoms with Gasteiger partial charge in [-0.1, -0.05) is 48.5 Å². The minimum absolute atomic E-state index is 0. The molecule has 0 amide bonds. The quantitative estimate of drug-likeness (QED) is 0.0469. The van der Waals surface area contributed by atoms with E-state index >= 15 is 0 Å². The zero-order chi connectivity index (χ0) is 60.0. The molecule has 0 spiro atoms. The summed E-state index contributed by atoms with van der Waals surface area (Å²) in [4.78, 5) is 0. The molecule has 0 fully saturated rings. The van der Waals surface area contributed by atoms with Crippen LogP contribution in [0.3, 0.4) is 0 Å². The number of benzene rings is 2. The molecule has 0 aliphatic rings. The van der Waals surface area contributed by atoms with Crippen molar-refractivity contribution in [1.82, 2.24) is 9.13 Å². The number of ether oxygens (including phenoxy) is 1. The Balaban J connectivity index is -0.0000000720. The number of hydrogen-bond donors (Lipinski definition) is 0. The molecule has 0 atom stereocenters. The summed E-state index contributed by atoms with van der Waals surface area (Å²) in [5.74, 6) is -0.834. The average molecular weight is 1380 g/mol. The Labute approximate surface area is 471 Å². The van der Waals surface area contributed by atoms with Gasteiger partial charge >= 0.3 is 90.3 Å². The molecule has 4 aromatic rings. The summed E-state index contributed by atoms with van der Waals surface area (Å²) in [6, 6.07) is 28.3. The minimum atomic E-state index is -6.00. The number of halogens is 16. The Morgan fingerprint density at radius 2 is 0.579 bits per heavy atom. The maximum Gasteiger partial charge on any atom is 2.00 e. The minimum Gasteiger partial charge on any atom is -0.771 e. The van der Waals surface area contributed by atoms with Crippen LogP contribution in [0.4, 0.5) is 69.1 Å². The van der Waals surface area contributed by atoms with Crippen molar-refractivity contribution in [3.8, 4) is 59.9 Å². The second kappa shape index (κ2) is 62.3. The van der Waals surface area contributed by atoms with Crippen LogP contribution in [0.2, 0.25) is 0 Å². The summed E-state index contributed by atoms with van der Waals surface area (Å²) < 4.78 is 168. The summed E-state index contributed by atoms with van der Waals surface area (Å²) in [7, 11) is -20.3. The molecule has 424 valence electrons. The first-order valence-corrected chi connectivity index (χ1v) is 18.2. The fourth-order valence-electron chi connectivity index (χ4n) is 3.01. The summed E-state index contributed by atoms with van der Waals surface area (Å²) in [5.41, 5.74) is 2.17. The van der Waals surface area contributed by atoms with Crippen LogP contribution in [0.5, 0.6) is 0 Å². The maximum absolute atomic E-state index is 10.6. The Hall–Kier alpha value is -6.95. The molecule has 0 bridgehead atoms. The number of hydrogen-bond acceptors (Lipinski definition) is 9. The van der Waals surface area contributed by atoms with Gasteiger partial charge in [0.2, 0.25) is 12.7 Å². The third-order valence-corrected chi connectivity index (χ3v) is 4.39. The smallest absolute Gasteiger partial charge is 0.771 e. The van der Waals surface area contributed by atoms with Crippen LogP contribution in [0.1, 0.15) is 66.5 Å². The van der Waals surface area contributed by atoms with Crippen molar-refractivity contribution < 1.29 is 144 Å². The van der Waals surface area contributed by atoms with Gasteiger partial charge < -0.3 is 103 Å². The predicted octanol–water partition coefficient (Wildman–Crippen LogP) is 11.3. The zero-order valence-corrected chi connectivity index (χ0v) is 45.6. The molecular formula is C38H42B4F16N14OPd3. The van der Waals surface area contributed by atoms with E-state index in [2.05, 4.69) is 12.7 Å².